The molecule has 0 N–H and O–H groups in total. The van der Waals surface area contributed by atoms with E-state index in [9.17, 15) is 4.21 Å². The van der Waals surface area contributed by atoms with Crippen LogP contribution in [0, 0.1) is 0 Å². The largest absolute Gasteiger partial charge is 0.212 e. The van der Waals surface area contributed by atoms with Crippen LogP contribution in [0.1, 0.15) is 13.8 Å². The van der Waals surface area contributed by atoms with Gasteiger partial charge in [-0.05, 0) is 13.8 Å². The predicted molar refractivity (Wildman–Crippen MR) is 24.5 cm³/mol. The molecule has 0 saturated heterocycles. The van der Waals surface area contributed by atoms with Gasteiger partial charge in [0.15, 0.2) is 0 Å². The molecule has 30 valence electrons. The zero-order valence-corrected chi connectivity index (χ0v) is 4.13. The highest BCUT2D eigenvalue weighted by Gasteiger charge is 1.62. The van der Waals surface area contributed by atoms with Crippen molar-refractivity contribution in [2.75, 3.05) is 0 Å². The molecule has 0 spiro atoms. The minimum absolute atomic E-state index is 0.546. The predicted octanol–water partition coefficient (Wildman–Crippen LogP) is 0.412. The topological polar surface area (TPSA) is 17.1 Å². The summed E-state index contributed by atoms with van der Waals surface area (Å²) < 4.78 is 9.51. The molecule has 0 aliphatic carbocycles. The van der Waals surface area contributed by atoms with Crippen LogP contribution in [-0.2, 0) is 11.3 Å². The summed E-state index contributed by atoms with van der Waals surface area (Å²) in [5, 5.41) is 0. The van der Waals surface area contributed by atoms with Gasteiger partial charge in [0.2, 0.25) is 0 Å². The summed E-state index contributed by atoms with van der Waals surface area (Å²) in [6, 6.07) is 0. The lowest BCUT2D eigenvalue weighted by Crippen LogP contribution is -1.72. The summed E-state index contributed by atoms with van der Waals surface area (Å²) in [5.74, 6) is 0. The van der Waals surface area contributed by atoms with Crippen LogP contribution in [0.15, 0.2) is 0 Å². The van der Waals surface area contributed by atoms with Crippen molar-refractivity contribution in [3.63, 3.8) is 0 Å². The first kappa shape index (κ1) is 4.89. The van der Waals surface area contributed by atoms with Crippen molar-refractivity contribution in [1.29, 1.82) is 0 Å². The number of rotatable bonds is 0. The molecule has 5 heavy (non-hydrogen) atoms. The molecule has 0 amide bonds. The molecule has 0 rings (SSSR count). The van der Waals surface area contributed by atoms with E-state index in [-0.39, 0.29) is 0 Å². The monoisotopic (exact) mass is 90.0 g/mol. The molecule has 0 saturated carbocycles. The van der Waals surface area contributed by atoms with E-state index in [2.05, 4.69) is 0 Å². The van der Waals surface area contributed by atoms with E-state index in [1.807, 2.05) is 0 Å². The van der Waals surface area contributed by atoms with E-state index in [4.69, 9.17) is 0 Å². The molecule has 0 aromatic heterocycles. The third kappa shape index (κ3) is 3.89. The highest BCUT2D eigenvalue weighted by atomic mass is 32.1. The minimum Gasteiger partial charge on any atom is -0.212 e. The maximum atomic E-state index is 9.51. The van der Waals surface area contributed by atoms with Gasteiger partial charge in [-0.1, -0.05) is 0 Å². The molecule has 0 aliphatic heterocycles. The fourth-order valence-electron chi connectivity index (χ4n) is 0. The second-order valence-electron chi connectivity index (χ2n) is 0.992. The first-order valence-electron chi connectivity index (χ1n) is 1.37. The quantitative estimate of drug-likeness (QED) is 0.394. The second-order valence-corrected chi connectivity index (χ2v) is 1.97. The number of hydrogen-bond acceptors (Lipinski definition) is 1. The van der Waals surface area contributed by atoms with Crippen molar-refractivity contribution in [2.24, 2.45) is 0 Å². The van der Waals surface area contributed by atoms with Crippen molar-refractivity contribution < 1.29 is 4.21 Å². The fraction of sp³-hybridized carbons (Fsp3) is 0.667. The Morgan fingerprint density at radius 2 is 1.80 bits per heavy atom. The molecule has 1 nitrogen and oxygen atoms in total. The van der Waals surface area contributed by atoms with Gasteiger partial charge in [-0.15, -0.1) is 0 Å². The molecule has 0 aromatic carbocycles. The standard InChI is InChI=1S/C3H6OS/c1-3(2)5-4/h1-2H3. The van der Waals surface area contributed by atoms with E-state index in [0.29, 0.717) is 11.3 Å². The molecule has 0 radical (unpaired) electrons. The van der Waals surface area contributed by atoms with Gasteiger partial charge in [0.1, 0.15) is 0 Å². The van der Waals surface area contributed by atoms with Crippen molar-refractivity contribution >= 4 is 16.1 Å². The van der Waals surface area contributed by atoms with Gasteiger partial charge in [0.25, 0.3) is 0 Å². The first-order valence-corrected chi connectivity index (χ1v) is 2.11. The zero-order valence-electron chi connectivity index (χ0n) is 3.32. The zero-order chi connectivity index (χ0) is 4.28. The summed E-state index contributed by atoms with van der Waals surface area (Å²) in [5.41, 5.74) is 0. The summed E-state index contributed by atoms with van der Waals surface area (Å²) in [6.45, 7) is 3.58. The molecular formula is C3H6OS. The lowest BCUT2D eigenvalue weighted by Gasteiger charge is -1.62. The Bertz CT molecular complexity index is 67.0. The van der Waals surface area contributed by atoms with Gasteiger partial charge in [0.05, 0.1) is 11.3 Å². The van der Waals surface area contributed by atoms with Crippen molar-refractivity contribution in [2.45, 2.75) is 13.8 Å². The maximum absolute atomic E-state index is 9.51. The molecule has 0 heterocycles. The Kier molecular flexibility index (Phi) is 2.10. The second kappa shape index (κ2) is 2.15. The van der Waals surface area contributed by atoms with Crippen LogP contribution < -0.4 is 0 Å². The van der Waals surface area contributed by atoms with Crippen LogP contribution >= 0.6 is 0 Å². The molecule has 0 aliphatic rings. The number of hydrogen-bond donors (Lipinski definition) is 0. The molecule has 0 fully saturated rings. The van der Waals surface area contributed by atoms with Crippen molar-refractivity contribution in [3.8, 4) is 0 Å². The normalized spacial score (nSPS) is 6.80. The highest BCUT2D eigenvalue weighted by molar-refractivity contribution is 7.66. The van der Waals surface area contributed by atoms with Crippen molar-refractivity contribution in [1.82, 2.24) is 0 Å². The lowest BCUT2D eigenvalue weighted by molar-refractivity contribution is 0.701. The van der Waals surface area contributed by atoms with E-state index < -0.39 is 0 Å². The Morgan fingerprint density at radius 1 is 1.60 bits per heavy atom. The lowest BCUT2D eigenvalue weighted by atomic mass is 10.6. The van der Waals surface area contributed by atoms with Gasteiger partial charge in [-0.2, -0.15) is 0 Å². The van der Waals surface area contributed by atoms with Crippen LogP contribution in [0.3, 0.4) is 0 Å². The van der Waals surface area contributed by atoms with Crippen LogP contribution in [0.25, 0.3) is 0 Å². The average Bonchev–Trinajstić information content (AvgIpc) is 1.38. The molecule has 0 bridgehead atoms. The third-order valence-electron chi connectivity index (χ3n) is 0.167. The fourth-order valence-corrected chi connectivity index (χ4v) is 0. The van der Waals surface area contributed by atoms with Gasteiger partial charge in [0, 0.05) is 4.86 Å². The summed E-state index contributed by atoms with van der Waals surface area (Å²) in [6.07, 6.45) is 0. The first-order chi connectivity index (χ1) is 2.27. The van der Waals surface area contributed by atoms with Crippen LogP contribution in [0.5, 0.6) is 0 Å². The van der Waals surface area contributed by atoms with Gasteiger partial charge in [-0.3, -0.25) is 0 Å². The Hall–Kier alpha value is -0.110. The van der Waals surface area contributed by atoms with Gasteiger partial charge < -0.3 is 0 Å². The molecular weight excluding hydrogens is 84.1 g/mol. The maximum Gasteiger partial charge on any atom is 0.0870 e. The SMILES string of the molecule is CC(C)=S=O. The summed E-state index contributed by atoms with van der Waals surface area (Å²) >= 11 is 0.546. The Morgan fingerprint density at radius 3 is 1.80 bits per heavy atom. The molecule has 0 atom stereocenters. The van der Waals surface area contributed by atoms with E-state index >= 15 is 0 Å². The summed E-state index contributed by atoms with van der Waals surface area (Å²) in [4.78, 5) is 0.866. The van der Waals surface area contributed by atoms with E-state index in [1.165, 1.54) is 0 Å². The molecule has 0 aromatic rings. The van der Waals surface area contributed by atoms with E-state index in [1.54, 1.807) is 13.8 Å². The van der Waals surface area contributed by atoms with Gasteiger partial charge >= 0.3 is 0 Å². The summed E-state index contributed by atoms with van der Waals surface area (Å²) in [7, 11) is 0. The smallest absolute Gasteiger partial charge is 0.0870 e. The Labute approximate surface area is 35.1 Å². The Balaban J connectivity index is 3.60. The van der Waals surface area contributed by atoms with Crippen molar-refractivity contribution in [3.05, 3.63) is 0 Å². The molecule has 2 heteroatoms. The third-order valence-corrected chi connectivity index (χ3v) is 0.500. The van der Waals surface area contributed by atoms with E-state index in [0.717, 1.165) is 4.86 Å². The molecule has 0 unspecified atom stereocenters. The van der Waals surface area contributed by atoms with Crippen LogP contribution in [-0.4, -0.2) is 9.07 Å². The van der Waals surface area contributed by atoms with Crippen LogP contribution in [0.2, 0.25) is 0 Å². The van der Waals surface area contributed by atoms with Gasteiger partial charge in [-0.25, -0.2) is 4.21 Å². The van der Waals surface area contributed by atoms with Crippen LogP contribution in [0.4, 0.5) is 0 Å². The average molecular weight is 90.1 g/mol. The minimum atomic E-state index is 0.546. The highest BCUT2D eigenvalue weighted by Crippen LogP contribution is 1.54.